The van der Waals surface area contributed by atoms with Gasteiger partial charge in [0.25, 0.3) is 0 Å². The summed E-state index contributed by atoms with van der Waals surface area (Å²) in [5.74, 6) is -0.0368. The van der Waals surface area contributed by atoms with Crippen molar-refractivity contribution in [1.82, 2.24) is 10.3 Å². The van der Waals surface area contributed by atoms with Crippen molar-refractivity contribution in [3.05, 3.63) is 15.6 Å². The van der Waals surface area contributed by atoms with Crippen LogP contribution in [0, 0.1) is 12.8 Å². The lowest BCUT2D eigenvalue weighted by Gasteiger charge is -2.24. The number of ether oxygens (including phenoxy) is 1. The SMILES string of the molecule is COC(=O)C(NC(C)c1sc(C(C)(C)C)nc1C)C(C)C. The van der Waals surface area contributed by atoms with Crippen LogP contribution in [-0.4, -0.2) is 24.1 Å². The largest absolute Gasteiger partial charge is 0.468 e. The zero-order chi connectivity index (χ0) is 16.4. The van der Waals surface area contributed by atoms with Crippen LogP contribution in [-0.2, 0) is 14.9 Å². The molecule has 0 spiro atoms. The van der Waals surface area contributed by atoms with Crippen LogP contribution >= 0.6 is 11.3 Å². The summed E-state index contributed by atoms with van der Waals surface area (Å²) in [6.45, 7) is 14.6. The molecule has 0 aliphatic heterocycles. The van der Waals surface area contributed by atoms with Crippen LogP contribution in [0.2, 0.25) is 0 Å². The van der Waals surface area contributed by atoms with E-state index in [1.165, 1.54) is 12.0 Å². The number of rotatable bonds is 5. The van der Waals surface area contributed by atoms with E-state index in [9.17, 15) is 4.79 Å². The standard InChI is InChI=1S/C16H28N2O2S/c1-9(2)12(14(19)20-8)17-10(3)13-11(4)18-15(21-13)16(5,6)7/h9-10,12,17H,1-8H3. The van der Waals surface area contributed by atoms with Crippen LogP contribution in [0.15, 0.2) is 0 Å². The minimum Gasteiger partial charge on any atom is -0.468 e. The number of aromatic nitrogens is 1. The topological polar surface area (TPSA) is 51.2 Å². The third-order valence-electron chi connectivity index (χ3n) is 3.42. The minimum absolute atomic E-state index is 0.0488. The third kappa shape index (κ3) is 4.51. The maximum absolute atomic E-state index is 11.9. The molecule has 1 heterocycles. The summed E-state index contributed by atoms with van der Waals surface area (Å²) in [5, 5.41) is 4.51. The van der Waals surface area contributed by atoms with E-state index < -0.39 is 0 Å². The molecule has 0 amide bonds. The first-order valence-corrected chi connectivity index (χ1v) is 8.21. The fourth-order valence-corrected chi connectivity index (χ4v) is 3.27. The summed E-state index contributed by atoms with van der Waals surface area (Å²) in [6.07, 6.45) is 0. The highest BCUT2D eigenvalue weighted by atomic mass is 32.1. The van der Waals surface area contributed by atoms with E-state index in [1.807, 2.05) is 20.8 Å². The number of esters is 1. The van der Waals surface area contributed by atoms with Gasteiger partial charge in [-0.05, 0) is 19.8 Å². The van der Waals surface area contributed by atoms with Crippen LogP contribution in [0.1, 0.15) is 63.2 Å². The molecule has 1 aromatic heterocycles. The van der Waals surface area contributed by atoms with Crippen molar-refractivity contribution in [2.75, 3.05) is 7.11 Å². The summed E-state index contributed by atoms with van der Waals surface area (Å²) in [6, 6.07) is -0.227. The summed E-state index contributed by atoms with van der Waals surface area (Å²) in [5.41, 5.74) is 1.09. The molecule has 0 aliphatic rings. The van der Waals surface area contributed by atoms with Crippen LogP contribution < -0.4 is 5.32 Å². The van der Waals surface area contributed by atoms with Crippen molar-refractivity contribution in [3.63, 3.8) is 0 Å². The number of methoxy groups -OCH3 is 1. The Labute approximate surface area is 132 Å². The predicted octanol–water partition coefficient (Wildman–Crippen LogP) is 3.60. The number of nitrogens with zero attached hydrogens (tertiary/aromatic N) is 1. The molecule has 4 nitrogen and oxygen atoms in total. The van der Waals surface area contributed by atoms with Gasteiger partial charge >= 0.3 is 5.97 Å². The van der Waals surface area contributed by atoms with Crippen molar-refractivity contribution in [2.45, 2.75) is 66.0 Å². The molecular weight excluding hydrogens is 284 g/mol. The Morgan fingerprint density at radius 3 is 2.24 bits per heavy atom. The Morgan fingerprint density at radius 1 is 1.29 bits per heavy atom. The van der Waals surface area contributed by atoms with Crippen molar-refractivity contribution in [3.8, 4) is 0 Å². The maximum Gasteiger partial charge on any atom is 0.323 e. The summed E-state index contributed by atoms with van der Waals surface area (Å²) < 4.78 is 4.89. The molecule has 21 heavy (non-hydrogen) atoms. The van der Waals surface area contributed by atoms with E-state index in [0.717, 1.165) is 10.7 Å². The highest BCUT2D eigenvalue weighted by molar-refractivity contribution is 7.12. The average Bonchev–Trinajstić information content (AvgIpc) is 2.76. The smallest absolute Gasteiger partial charge is 0.323 e. The van der Waals surface area contributed by atoms with Gasteiger partial charge in [-0.3, -0.25) is 10.1 Å². The van der Waals surface area contributed by atoms with Gasteiger partial charge < -0.3 is 4.74 Å². The number of carbonyl (C=O) groups is 1. The van der Waals surface area contributed by atoms with Crippen LogP contribution in [0.5, 0.6) is 0 Å². The molecule has 2 unspecified atom stereocenters. The molecule has 1 rings (SSSR count). The number of nitrogens with one attached hydrogen (secondary N) is 1. The zero-order valence-corrected chi connectivity index (χ0v) is 15.2. The lowest BCUT2D eigenvalue weighted by Crippen LogP contribution is -2.42. The molecule has 0 aromatic carbocycles. The molecule has 0 aliphatic carbocycles. The molecule has 0 saturated carbocycles. The van der Waals surface area contributed by atoms with Crippen molar-refractivity contribution in [2.24, 2.45) is 5.92 Å². The third-order valence-corrected chi connectivity index (χ3v) is 5.18. The van der Waals surface area contributed by atoms with Gasteiger partial charge in [-0.15, -0.1) is 11.3 Å². The highest BCUT2D eigenvalue weighted by Crippen LogP contribution is 2.32. The van der Waals surface area contributed by atoms with E-state index in [2.05, 4.69) is 38.0 Å². The average molecular weight is 312 g/mol. The van der Waals surface area contributed by atoms with E-state index in [1.54, 1.807) is 11.3 Å². The predicted molar refractivity (Wildman–Crippen MR) is 87.7 cm³/mol. The Balaban J connectivity index is 2.95. The van der Waals surface area contributed by atoms with Gasteiger partial charge in [0.05, 0.1) is 17.8 Å². The number of hydrogen-bond donors (Lipinski definition) is 1. The van der Waals surface area contributed by atoms with Gasteiger partial charge in [0.2, 0.25) is 0 Å². The van der Waals surface area contributed by atoms with Crippen LogP contribution in [0.25, 0.3) is 0 Å². The van der Waals surface area contributed by atoms with E-state index in [0.29, 0.717) is 0 Å². The summed E-state index contributed by atoms with van der Waals surface area (Å²) in [7, 11) is 1.43. The lowest BCUT2D eigenvalue weighted by molar-refractivity contribution is -0.144. The van der Waals surface area contributed by atoms with Crippen molar-refractivity contribution in [1.29, 1.82) is 0 Å². The number of thiazole rings is 1. The zero-order valence-electron chi connectivity index (χ0n) is 14.4. The van der Waals surface area contributed by atoms with Gasteiger partial charge in [-0.2, -0.15) is 0 Å². The Hall–Kier alpha value is -0.940. The van der Waals surface area contributed by atoms with Gasteiger partial charge in [-0.25, -0.2) is 4.98 Å². The molecule has 0 radical (unpaired) electrons. The Kier molecular flexibility index (Phi) is 5.93. The van der Waals surface area contributed by atoms with E-state index in [4.69, 9.17) is 4.74 Å². The molecule has 2 atom stereocenters. The number of hydrogen-bond acceptors (Lipinski definition) is 5. The minimum atomic E-state index is -0.301. The first kappa shape index (κ1) is 18.1. The van der Waals surface area contributed by atoms with Crippen LogP contribution in [0.3, 0.4) is 0 Å². The monoisotopic (exact) mass is 312 g/mol. The Bertz CT molecular complexity index is 489. The molecule has 0 bridgehead atoms. The molecule has 0 fully saturated rings. The van der Waals surface area contributed by atoms with Gasteiger partial charge in [-0.1, -0.05) is 34.6 Å². The summed E-state index contributed by atoms with van der Waals surface area (Å²) >= 11 is 1.72. The number of aryl methyl sites for hydroxylation is 1. The van der Waals surface area contributed by atoms with Crippen molar-refractivity contribution < 1.29 is 9.53 Å². The second-order valence-corrected chi connectivity index (χ2v) is 7.88. The first-order chi connectivity index (χ1) is 9.57. The Morgan fingerprint density at radius 2 is 1.86 bits per heavy atom. The summed E-state index contributed by atoms with van der Waals surface area (Å²) in [4.78, 5) is 17.7. The highest BCUT2D eigenvalue weighted by Gasteiger charge is 2.28. The second kappa shape index (κ2) is 6.88. The molecule has 1 aromatic rings. The van der Waals surface area contributed by atoms with Gasteiger partial charge in [0, 0.05) is 16.3 Å². The fraction of sp³-hybridized carbons (Fsp3) is 0.750. The first-order valence-electron chi connectivity index (χ1n) is 7.39. The van der Waals surface area contributed by atoms with E-state index in [-0.39, 0.29) is 29.4 Å². The normalized spacial score (nSPS) is 15.1. The number of carbonyl (C=O) groups excluding carboxylic acids is 1. The molecule has 1 N–H and O–H groups in total. The quantitative estimate of drug-likeness (QED) is 0.844. The molecular formula is C16H28N2O2S. The molecule has 120 valence electrons. The second-order valence-electron chi connectivity index (χ2n) is 6.85. The molecule has 0 saturated heterocycles. The lowest BCUT2D eigenvalue weighted by atomic mass is 9.98. The fourth-order valence-electron chi connectivity index (χ4n) is 2.14. The maximum atomic E-state index is 11.9. The molecule has 5 heteroatoms. The van der Waals surface area contributed by atoms with Gasteiger partial charge in [0.1, 0.15) is 6.04 Å². The van der Waals surface area contributed by atoms with E-state index >= 15 is 0 Å². The van der Waals surface area contributed by atoms with Crippen LogP contribution in [0.4, 0.5) is 0 Å². The van der Waals surface area contributed by atoms with Gasteiger partial charge in [0.15, 0.2) is 0 Å². The van der Waals surface area contributed by atoms with Crippen molar-refractivity contribution >= 4 is 17.3 Å².